The summed E-state index contributed by atoms with van der Waals surface area (Å²) in [5, 5.41) is 8.00. The number of piperazine rings is 1. The lowest BCUT2D eigenvalue weighted by molar-refractivity contribution is -0.141. The van der Waals surface area contributed by atoms with Gasteiger partial charge in [-0.05, 0) is 61.5 Å². The van der Waals surface area contributed by atoms with E-state index in [0.29, 0.717) is 26.1 Å². The molecule has 218 valence electrons. The van der Waals surface area contributed by atoms with Gasteiger partial charge >= 0.3 is 0 Å². The van der Waals surface area contributed by atoms with Crippen molar-refractivity contribution in [3.8, 4) is 0 Å². The quantitative estimate of drug-likeness (QED) is 0.397. The largest absolute Gasteiger partial charge is 0.358 e. The number of likely N-dealkylation sites (N-methyl/N-ethyl adjacent to an activating group) is 2. The number of hydrogen-bond acceptors (Lipinski definition) is 5. The van der Waals surface area contributed by atoms with Crippen molar-refractivity contribution < 1.29 is 18.8 Å². The molecule has 8 nitrogen and oxygen atoms in total. The molecule has 1 heterocycles. The van der Waals surface area contributed by atoms with Crippen LogP contribution in [0.2, 0.25) is 0 Å². The number of nitrogens with one attached hydrogen (secondary N) is 2. The highest BCUT2D eigenvalue weighted by molar-refractivity contribution is 5.89. The monoisotopic (exact) mass is 561 g/mol. The molecule has 3 atom stereocenters. The van der Waals surface area contributed by atoms with Crippen LogP contribution in [0.1, 0.15) is 18.1 Å². The van der Waals surface area contributed by atoms with Gasteiger partial charge in [0.25, 0.3) is 0 Å². The Kier molecular flexibility index (Phi) is 10.1. The van der Waals surface area contributed by atoms with Gasteiger partial charge in [0.05, 0.1) is 12.6 Å². The van der Waals surface area contributed by atoms with E-state index in [9.17, 15) is 18.8 Å². The number of nitrogens with zero attached hydrogens (tertiary/aromatic N) is 3. The van der Waals surface area contributed by atoms with Gasteiger partial charge < -0.3 is 20.4 Å². The highest BCUT2D eigenvalue weighted by Crippen LogP contribution is 2.21. The molecule has 41 heavy (non-hydrogen) atoms. The Balaban J connectivity index is 1.48. The smallest absolute Gasteiger partial charge is 0.245 e. The van der Waals surface area contributed by atoms with Crippen LogP contribution in [0.4, 0.5) is 4.39 Å². The molecular formula is C32H40FN5O3. The van der Waals surface area contributed by atoms with Crippen molar-refractivity contribution in [1.82, 2.24) is 25.3 Å². The summed E-state index contributed by atoms with van der Waals surface area (Å²) in [6.45, 7) is 3.59. The van der Waals surface area contributed by atoms with E-state index < -0.39 is 6.04 Å². The molecule has 0 aliphatic carbocycles. The van der Waals surface area contributed by atoms with Gasteiger partial charge in [-0.15, -0.1) is 0 Å². The van der Waals surface area contributed by atoms with E-state index in [0.717, 1.165) is 21.9 Å². The molecule has 1 saturated heterocycles. The fourth-order valence-electron chi connectivity index (χ4n) is 5.52. The Bertz CT molecular complexity index is 1360. The second-order valence-electron chi connectivity index (χ2n) is 11.1. The first kappa shape index (κ1) is 30.1. The highest BCUT2D eigenvalue weighted by Gasteiger charge is 2.36. The highest BCUT2D eigenvalue weighted by atomic mass is 19.1. The summed E-state index contributed by atoms with van der Waals surface area (Å²) in [5.74, 6) is -0.848. The zero-order chi connectivity index (χ0) is 29.5. The van der Waals surface area contributed by atoms with Gasteiger partial charge in [-0.1, -0.05) is 54.6 Å². The van der Waals surface area contributed by atoms with Crippen molar-refractivity contribution in [2.75, 3.05) is 47.3 Å². The maximum absolute atomic E-state index is 13.8. The van der Waals surface area contributed by atoms with Crippen molar-refractivity contribution in [3.05, 3.63) is 83.7 Å². The molecule has 0 radical (unpaired) electrons. The predicted octanol–water partition coefficient (Wildman–Crippen LogP) is 2.46. The van der Waals surface area contributed by atoms with E-state index in [1.165, 1.54) is 12.1 Å². The normalized spacial score (nSPS) is 17.3. The number of carbonyl (C=O) groups is 3. The minimum atomic E-state index is -0.783. The molecular weight excluding hydrogens is 521 g/mol. The molecule has 1 aliphatic heterocycles. The topological polar surface area (TPSA) is 85.0 Å². The lowest BCUT2D eigenvalue weighted by atomic mass is 9.98. The van der Waals surface area contributed by atoms with Crippen molar-refractivity contribution in [2.45, 2.75) is 37.9 Å². The maximum atomic E-state index is 13.8. The zero-order valence-corrected chi connectivity index (χ0v) is 24.3. The molecule has 0 saturated carbocycles. The molecule has 3 unspecified atom stereocenters. The first-order valence-electron chi connectivity index (χ1n) is 14.1. The lowest BCUT2D eigenvalue weighted by Crippen LogP contribution is -2.62. The predicted molar refractivity (Wildman–Crippen MR) is 159 cm³/mol. The molecule has 1 fully saturated rings. The number of fused-ring (bicyclic) bond motifs is 1. The molecule has 0 bridgehead atoms. The Hall–Kier alpha value is -3.82. The summed E-state index contributed by atoms with van der Waals surface area (Å²) in [4.78, 5) is 45.2. The average molecular weight is 562 g/mol. The molecule has 2 N–H and O–H groups in total. The first-order chi connectivity index (χ1) is 19.6. The van der Waals surface area contributed by atoms with Crippen LogP contribution in [-0.4, -0.2) is 97.9 Å². The lowest BCUT2D eigenvalue weighted by Gasteiger charge is -2.43. The summed E-state index contributed by atoms with van der Waals surface area (Å²) < 4.78 is 13.5. The fraction of sp³-hybridized carbons (Fsp3) is 0.406. The molecule has 0 aromatic heterocycles. The molecule has 9 heteroatoms. The van der Waals surface area contributed by atoms with E-state index in [1.807, 2.05) is 19.1 Å². The van der Waals surface area contributed by atoms with Gasteiger partial charge in [0.15, 0.2) is 0 Å². The standard InChI is InChI=1S/C32H40FN5O3/c1-22-20-37(29(31(40)34-2)19-24-9-12-25-7-5-6-8-26(25)17-24)15-16-38(22)32(41)28(35-30(39)21-36(3)4)18-23-10-13-27(33)14-11-23/h5-14,17,22,28-29H,15-16,18-21H2,1-4H3,(H,34,40)(H,35,39). The summed E-state index contributed by atoms with van der Waals surface area (Å²) >= 11 is 0. The van der Waals surface area contributed by atoms with Crippen molar-refractivity contribution >= 4 is 28.5 Å². The Morgan fingerprint density at radius 3 is 2.29 bits per heavy atom. The molecule has 0 spiro atoms. The SMILES string of the molecule is CNC(=O)C(Cc1ccc2ccccc2c1)N1CCN(C(=O)C(Cc2ccc(F)cc2)NC(=O)CN(C)C)C(C)C1. The Morgan fingerprint density at radius 1 is 0.951 bits per heavy atom. The van der Waals surface area contributed by atoms with E-state index >= 15 is 0 Å². The van der Waals surface area contributed by atoms with E-state index in [-0.39, 0.29) is 48.6 Å². The summed E-state index contributed by atoms with van der Waals surface area (Å²) in [6.07, 6.45) is 0.813. The number of amides is 3. The summed E-state index contributed by atoms with van der Waals surface area (Å²) in [6, 6.07) is 19.1. The van der Waals surface area contributed by atoms with Crippen LogP contribution in [0.3, 0.4) is 0 Å². The molecule has 3 amide bonds. The van der Waals surface area contributed by atoms with Gasteiger partial charge in [0.1, 0.15) is 11.9 Å². The third kappa shape index (κ3) is 7.89. The molecule has 4 rings (SSSR count). The van der Waals surface area contributed by atoms with Crippen molar-refractivity contribution in [2.24, 2.45) is 0 Å². The van der Waals surface area contributed by atoms with Crippen molar-refractivity contribution in [1.29, 1.82) is 0 Å². The number of benzene rings is 3. The minimum Gasteiger partial charge on any atom is -0.358 e. The van der Waals surface area contributed by atoms with Crippen molar-refractivity contribution in [3.63, 3.8) is 0 Å². The van der Waals surface area contributed by atoms with Crippen LogP contribution < -0.4 is 10.6 Å². The zero-order valence-electron chi connectivity index (χ0n) is 24.3. The number of carbonyl (C=O) groups excluding carboxylic acids is 3. The van der Waals surface area contributed by atoms with Crippen LogP contribution in [0.5, 0.6) is 0 Å². The Morgan fingerprint density at radius 2 is 1.63 bits per heavy atom. The summed E-state index contributed by atoms with van der Waals surface area (Å²) in [7, 11) is 5.23. The molecule has 1 aliphatic rings. The van der Waals surface area contributed by atoms with Gasteiger partial charge in [-0.3, -0.25) is 19.3 Å². The molecule has 3 aromatic rings. The average Bonchev–Trinajstić information content (AvgIpc) is 2.95. The second kappa shape index (κ2) is 13.7. The fourth-order valence-corrected chi connectivity index (χ4v) is 5.52. The number of hydrogen-bond donors (Lipinski definition) is 2. The summed E-state index contributed by atoms with van der Waals surface area (Å²) in [5.41, 5.74) is 1.84. The molecule has 3 aromatic carbocycles. The maximum Gasteiger partial charge on any atom is 0.245 e. The van der Waals surface area contributed by atoms with E-state index in [1.54, 1.807) is 43.1 Å². The van der Waals surface area contributed by atoms with E-state index in [2.05, 4.69) is 45.9 Å². The van der Waals surface area contributed by atoms with Gasteiger partial charge in [-0.25, -0.2) is 4.39 Å². The van der Waals surface area contributed by atoms with Crippen LogP contribution in [0.15, 0.2) is 66.7 Å². The van der Waals surface area contributed by atoms with Crippen LogP contribution in [-0.2, 0) is 27.2 Å². The third-order valence-corrected chi connectivity index (χ3v) is 7.62. The minimum absolute atomic E-state index is 0.0599. The number of halogens is 1. The van der Waals surface area contributed by atoms with Gasteiger partial charge in [0, 0.05) is 39.1 Å². The number of rotatable bonds is 10. The van der Waals surface area contributed by atoms with Gasteiger partial charge in [-0.2, -0.15) is 0 Å². The van der Waals surface area contributed by atoms with Crippen LogP contribution in [0.25, 0.3) is 10.8 Å². The van der Waals surface area contributed by atoms with Crippen LogP contribution in [0, 0.1) is 5.82 Å². The second-order valence-corrected chi connectivity index (χ2v) is 11.1. The first-order valence-corrected chi connectivity index (χ1v) is 14.1. The van der Waals surface area contributed by atoms with Crippen LogP contribution >= 0.6 is 0 Å². The Labute approximate surface area is 241 Å². The van der Waals surface area contributed by atoms with E-state index in [4.69, 9.17) is 0 Å². The van der Waals surface area contributed by atoms with Gasteiger partial charge in [0.2, 0.25) is 17.7 Å². The third-order valence-electron chi connectivity index (χ3n) is 7.62.